The van der Waals surface area contributed by atoms with Crippen molar-refractivity contribution in [2.45, 2.75) is 56.2 Å². The van der Waals surface area contributed by atoms with Crippen molar-refractivity contribution in [3.63, 3.8) is 0 Å². The number of carbonyl (C=O) groups is 1. The van der Waals surface area contributed by atoms with Crippen molar-refractivity contribution in [3.05, 3.63) is 120 Å². The molecule has 1 amide bonds. The van der Waals surface area contributed by atoms with Crippen LogP contribution in [0, 0.1) is 0 Å². The van der Waals surface area contributed by atoms with Gasteiger partial charge in [-0.2, -0.15) is 0 Å². The van der Waals surface area contributed by atoms with Gasteiger partial charge >= 0.3 is 0 Å². The standard InChI is InChI=1S/C34H36N2O5S/c1-4-34(5-2)23-30(28-15-10-12-18-32(28)41-34)35-33(37)29-16-9-11-17-31(29)36(24-25-13-7-6-8-14-25)42(38,39)27-21-19-26(40-3)20-22-27/h6-22,30H,4-5,23-24H2,1-3H3,(H,35,37)/t30-/m1/s1. The molecule has 5 rings (SSSR count). The van der Waals surface area contributed by atoms with Crippen molar-refractivity contribution < 1.29 is 22.7 Å². The van der Waals surface area contributed by atoms with Crippen LogP contribution in [0.25, 0.3) is 0 Å². The highest BCUT2D eigenvalue weighted by atomic mass is 32.2. The molecule has 4 aromatic rings. The minimum atomic E-state index is -4.06. The first-order valence-electron chi connectivity index (χ1n) is 14.2. The molecule has 4 aromatic carbocycles. The van der Waals surface area contributed by atoms with Crippen molar-refractivity contribution in [3.8, 4) is 11.5 Å². The normalized spacial score (nSPS) is 15.6. The van der Waals surface area contributed by atoms with Gasteiger partial charge in [0.05, 0.1) is 35.8 Å². The minimum Gasteiger partial charge on any atom is -0.497 e. The topological polar surface area (TPSA) is 84.9 Å². The van der Waals surface area contributed by atoms with E-state index in [9.17, 15) is 13.2 Å². The van der Waals surface area contributed by atoms with E-state index < -0.39 is 15.6 Å². The molecule has 42 heavy (non-hydrogen) atoms. The largest absolute Gasteiger partial charge is 0.497 e. The van der Waals surface area contributed by atoms with Crippen LogP contribution in [0.2, 0.25) is 0 Å². The maximum atomic E-state index is 14.2. The zero-order valence-electron chi connectivity index (χ0n) is 24.1. The van der Waals surface area contributed by atoms with Crippen LogP contribution < -0.4 is 19.1 Å². The van der Waals surface area contributed by atoms with Crippen LogP contribution in [0.3, 0.4) is 0 Å². The molecule has 1 N–H and O–H groups in total. The number of hydrogen-bond acceptors (Lipinski definition) is 5. The predicted octanol–water partition coefficient (Wildman–Crippen LogP) is 6.90. The number of nitrogens with one attached hydrogen (secondary N) is 1. The molecule has 0 bridgehead atoms. The summed E-state index contributed by atoms with van der Waals surface area (Å²) in [5.41, 5.74) is 1.87. The molecule has 0 aromatic heterocycles. The highest BCUT2D eigenvalue weighted by Crippen LogP contribution is 2.43. The van der Waals surface area contributed by atoms with Crippen LogP contribution in [0.1, 0.15) is 60.6 Å². The Morgan fingerprint density at radius 3 is 2.24 bits per heavy atom. The molecule has 0 unspecified atom stereocenters. The number of amides is 1. The molecule has 1 atom stereocenters. The van der Waals surface area contributed by atoms with Gasteiger partial charge in [0.25, 0.3) is 15.9 Å². The summed E-state index contributed by atoms with van der Waals surface area (Å²) in [5.74, 6) is 0.963. The lowest BCUT2D eigenvalue weighted by Gasteiger charge is -2.41. The van der Waals surface area contributed by atoms with Gasteiger partial charge in [-0.15, -0.1) is 0 Å². The van der Waals surface area contributed by atoms with Gasteiger partial charge in [-0.3, -0.25) is 9.10 Å². The summed E-state index contributed by atoms with van der Waals surface area (Å²) in [6.07, 6.45) is 2.21. The number of benzene rings is 4. The molecule has 0 aliphatic carbocycles. The molecule has 1 aliphatic rings. The smallest absolute Gasteiger partial charge is 0.264 e. The number of carbonyl (C=O) groups excluding carboxylic acids is 1. The Kier molecular flexibility index (Phi) is 8.54. The van der Waals surface area contributed by atoms with Crippen molar-refractivity contribution in [1.29, 1.82) is 0 Å². The Balaban J connectivity index is 1.55. The molecule has 7 nitrogen and oxygen atoms in total. The third-order valence-electron chi connectivity index (χ3n) is 8.02. The van der Waals surface area contributed by atoms with Gasteiger partial charge in [0.15, 0.2) is 0 Å². The van der Waals surface area contributed by atoms with E-state index in [0.29, 0.717) is 17.9 Å². The molecule has 0 fully saturated rings. The molecule has 8 heteroatoms. The lowest BCUT2D eigenvalue weighted by Crippen LogP contribution is -2.44. The molecule has 0 spiro atoms. The summed E-state index contributed by atoms with van der Waals surface area (Å²) in [6, 6.07) is 29.9. The van der Waals surface area contributed by atoms with Gasteiger partial charge in [-0.25, -0.2) is 8.42 Å². The minimum absolute atomic E-state index is 0.0500. The molecule has 0 saturated heterocycles. The number of rotatable bonds is 10. The first kappa shape index (κ1) is 29.2. The van der Waals surface area contributed by atoms with Gasteiger partial charge in [0, 0.05) is 12.0 Å². The van der Waals surface area contributed by atoms with E-state index in [4.69, 9.17) is 9.47 Å². The van der Waals surface area contributed by atoms with Crippen molar-refractivity contribution in [1.82, 2.24) is 5.32 Å². The Bertz CT molecular complexity index is 1630. The average Bonchev–Trinajstić information content (AvgIpc) is 3.04. The van der Waals surface area contributed by atoms with Crippen molar-refractivity contribution in [2.24, 2.45) is 0 Å². The number of anilines is 1. The second-order valence-electron chi connectivity index (χ2n) is 10.5. The van der Waals surface area contributed by atoms with Crippen LogP contribution >= 0.6 is 0 Å². The molecule has 1 aliphatic heterocycles. The zero-order chi connectivity index (χ0) is 29.7. The Hall–Kier alpha value is -4.30. The highest BCUT2D eigenvalue weighted by Gasteiger charge is 2.39. The molecular formula is C34H36N2O5S. The monoisotopic (exact) mass is 584 g/mol. The van der Waals surface area contributed by atoms with Gasteiger partial charge in [0.1, 0.15) is 17.1 Å². The number of nitrogens with zero attached hydrogens (tertiary/aromatic N) is 1. The number of hydrogen-bond donors (Lipinski definition) is 1. The van der Waals surface area contributed by atoms with Gasteiger partial charge in [-0.05, 0) is 60.9 Å². The number of methoxy groups -OCH3 is 1. The maximum Gasteiger partial charge on any atom is 0.264 e. The SMILES string of the molecule is CCC1(CC)C[C@@H](NC(=O)c2ccccc2N(Cc2ccccc2)S(=O)(=O)c2ccc(OC)cc2)c2ccccc2O1. The maximum absolute atomic E-state index is 14.2. The molecule has 1 heterocycles. The Labute approximate surface area is 248 Å². The lowest BCUT2D eigenvalue weighted by atomic mass is 9.83. The van der Waals surface area contributed by atoms with Crippen LogP contribution in [0.5, 0.6) is 11.5 Å². The second-order valence-corrected chi connectivity index (χ2v) is 12.3. The predicted molar refractivity (Wildman–Crippen MR) is 164 cm³/mol. The molecule has 218 valence electrons. The zero-order valence-corrected chi connectivity index (χ0v) is 24.9. The van der Waals surface area contributed by atoms with Crippen LogP contribution in [-0.2, 0) is 16.6 Å². The fraction of sp³-hybridized carbons (Fsp3) is 0.265. The fourth-order valence-electron chi connectivity index (χ4n) is 5.47. The summed E-state index contributed by atoms with van der Waals surface area (Å²) in [4.78, 5) is 14.1. The number of para-hydroxylation sites is 2. The average molecular weight is 585 g/mol. The van der Waals surface area contributed by atoms with Gasteiger partial charge in [-0.1, -0.05) is 74.5 Å². The van der Waals surface area contributed by atoms with E-state index in [1.165, 1.54) is 23.5 Å². The summed E-state index contributed by atoms with van der Waals surface area (Å²) in [5, 5.41) is 3.22. The van der Waals surface area contributed by atoms with Gasteiger partial charge < -0.3 is 14.8 Å². The number of sulfonamides is 1. The van der Waals surface area contributed by atoms with Crippen LogP contribution in [-0.4, -0.2) is 27.0 Å². The van der Waals surface area contributed by atoms with E-state index in [0.717, 1.165) is 29.7 Å². The molecular weight excluding hydrogens is 548 g/mol. The van der Waals surface area contributed by atoms with E-state index >= 15 is 0 Å². The third-order valence-corrected chi connectivity index (χ3v) is 9.80. The summed E-state index contributed by atoms with van der Waals surface area (Å²) < 4.78 is 41.3. The van der Waals surface area contributed by atoms with Crippen LogP contribution in [0.15, 0.2) is 108 Å². The summed E-state index contributed by atoms with van der Waals surface area (Å²) >= 11 is 0. The summed E-state index contributed by atoms with van der Waals surface area (Å²) in [7, 11) is -2.53. The highest BCUT2D eigenvalue weighted by molar-refractivity contribution is 7.92. The first-order chi connectivity index (χ1) is 20.3. The van der Waals surface area contributed by atoms with Crippen molar-refractivity contribution in [2.75, 3.05) is 11.4 Å². The lowest BCUT2D eigenvalue weighted by molar-refractivity contribution is 0.0227. The van der Waals surface area contributed by atoms with Crippen LogP contribution in [0.4, 0.5) is 5.69 Å². The number of fused-ring (bicyclic) bond motifs is 1. The third kappa shape index (κ3) is 5.85. The van der Waals surface area contributed by atoms with Gasteiger partial charge in [0.2, 0.25) is 0 Å². The fourth-order valence-corrected chi connectivity index (χ4v) is 6.94. The van der Waals surface area contributed by atoms with E-state index in [1.807, 2.05) is 54.6 Å². The number of ether oxygens (including phenoxy) is 2. The van der Waals surface area contributed by atoms with E-state index in [1.54, 1.807) is 36.4 Å². The quantitative estimate of drug-likeness (QED) is 0.219. The Morgan fingerprint density at radius 1 is 0.905 bits per heavy atom. The van der Waals surface area contributed by atoms with E-state index in [2.05, 4.69) is 19.2 Å². The summed E-state index contributed by atoms with van der Waals surface area (Å²) in [6.45, 7) is 4.24. The second kappa shape index (κ2) is 12.3. The van der Waals surface area contributed by atoms with E-state index in [-0.39, 0.29) is 29.0 Å². The van der Waals surface area contributed by atoms with Crippen molar-refractivity contribution >= 4 is 21.6 Å². The molecule has 0 radical (unpaired) electrons. The Morgan fingerprint density at radius 2 is 1.55 bits per heavy atom. The molecule has 0 saturated carbocycles. The first-order valence-corrected chi connectivity index (χ1v) is 15.6.